The molecule has 0 saturated carbocycles. The number of hydrogen-bond acceptors (Lipinski definition) is 6. The Morgan fingerprint density at radius 1 is 0.639 bits per heavy atom. The van der Waals surface area contributed by atoms with Gasteiger partial charge in [0.25, 0.3) is 0 Å². The van der Waals surface area contributed by atoms with Crippen LogP contribution >= 0.6 is 12.6 Å². The minimum atomic E-state index is -1.28. The Morgan fingerprint density at radius 3 is 1.50 bits per heavy atom. The highest BCUT2D eigenvalue weighted by molar-refractivity contribution is 7.80. The second-order valence-electron chi connectivity index (χ2n) is 9.46. The van der Waals surface area contributed by atoms with Gasteiger partial charge >= 0.3 is 17.9 Å². The number of carbonyl (C=O) groups excluding carboxylic acids is 1. The highest BCUT2D eigenvalue weighted by Crippen LogP contribution is 2.13. The third-order valence-corrected chi connectivity index (χ3v) is 6.51. The van der Waals surface area contributed by atoms with Gasteiger partial charge in [0.05, 0.1) is 13.1 Å². The van der Waals surface area contributed by atoms with Gasteiger partial charge < -0.3 is 20.6 Å². The molecule has 0 aliphatic carbocycles. The molecule has 0 rings (SSSR count). The van der Waals surface area contributed by atoms with E-state index in [1.165, 1.54) is 64.2 Å². The van der Waals surface area contributed by atoms with Gasteiger partial charge in [-0.05, 0) is 37.9 Å². The molecule has 36 heavy (non-hydrogen) atoms. The number of amides is 1. The van der Waals surface area contributed by atoms with Crippen molar-refractivity contribution in [1.29, 1.82) is 0 Å². The largest absolute Gasteiger partial charge is 0.480 e. The Labute approximate surface area is 221 Å². The lowest BCUT2D eigenvalue weighted by Gasteiger charge is -2.25. The van der Waals surface area contributed by atoms with E-state index < -0.39 is 37.0 Å². The van der Waals surface area contributed by atoms with E-state index in [0.717, 1.165) is 29.9 Å². The van der Waals surface area contributed by atoms with Gasteiger partial charge in [-0.3, -0.25) is 24.1 Å². The molecule has 0 aromatic carbocycles. The summed E-state index contributed by atoms with van der Waals surface area (Å²) in [4.78, 5) is 46.3. The number of nitrogens with zero attached hydrogens (tertiary/aromatic N) is 1. The van der Waals surface area contributed by atoms with Crippen LogP contribution in [0.4, 0.5) is 0 Å². The van der Waals surface area contributed by atoms with Gasteiger partial charge in [-0.1, -0.05) is 70.6 Å². The lowest BCUT2D eigenvalue weighted by molar-refractivity contribution is -0.149. The Bertz CT molecular complexity index is 603. The van der Waals surface area contributed by atoms with E-state index >= 15 is 0 Å². The molecular formula is C26H48N2O7S. The van der Waals surface area contributed by atoms with Crippen LogP contribution in [-0.4, -0.2) is 75.5 Å². The molecule has 0 heterocycles. The van der Waals surface area contributed by atoms with E-state index in [4.69, 9.17) is 10.2 Å². The zero-order valence-electron chi connectivity index (χ0n) is 21.8. The maximum absolute atomic E-state index is 12.0. The molecular weight excluding hydrogens is 484 g/mol. The van der Waals surface area contributed by atoms with Crippen molar-refractivity contribution in [2.24, 2.45) is 0 Å². The Morgan fingerprint density at radius 2 is 1.08 bits per heavy atom. The number of carboxylic acids is 3. The predicted octanol–water partition coefficient (Wildman–Crippen LogP) is 4.59. The number of carboxylic acid groups (broad SMARTS) is 3. The summed E-state index contributed by atoms with van der Waals surface area (Å²) in [6.45, 7) is -0.896. The SMILES string of the molecule is O=C(O)CN(CC(=O)O)C(CCCCNC(=O)CCCCCCCCCCCCCCCS)C(=O)O. The molecule has 0 saturated heterocycles. The van der Waals surface area contributed by atoms with Gasteiger partial charge in [-0.25, -0.2) is 0 Å². The summed E-state index contributed by atoms with van der Waals surface area (Å²) < 4.78 is 0. The van der Waals surface area contributed by atoms with E-state index in [-0.39, 0.29) is 12.3 Å². The van der Waals surface area contributed by atoms with Gasteiger partial charge in [0.1, 0.15) is 6.04 Å². The van der Waals surface area contributed by atoms with Crippen molar-refractivity contribution in [3.8, 4) is 0 Å². The second-order valence-corrected chi connectivity index (χ2v) is 9.91. The van der Waals surface area contributed by atoms with Crippen LogP contribution < -0.4 is 5.32 Å². The first-order chi connectivity index (χ1) is 17.3. The van der Waals surface area contributed by atoms with Crippen LogP contribution in [0.3, 0.4) is 0 Å². The summed E-state index contributed by atoms with van der Waals surface area (Å²) >= 11 is 4.23. The quantitative estimate of drug-likeness (QED) is 0.0804. The van der Waals surface area contributed by atoms with Crippen molar-refractivity contribution in [3.05, 3.63) is 0 Å². The fraction of sp³-hybridized carbons (Fsp3) is 0.846. The number of hydrogen-bond donors (Lipinski definition) is 5. The lowest BCUT2D eigenvalue weighted by atomic mass is 10.0. The van der Waals surface area contributed by atoms with Crippen LogP contribution in [0.25, 0.3) is 0 Å². The summed E-state index contributed by atoms with van der Waals surface area (Å²) in [6.07, 6.45) is 17.6. The number of nitrogens with one attached hydrogen (secondary N) is 1. The number of unbranched alkanes of at least 4 members (excludes halogenated alkanes) is 13. The summed E-state index contributed by atoms with van der Waals surface area (Å²) in [5, 5.41) is 30.0. The van der Waals surface area contributed by atoms with Crippen molar-refractivity contribution < 1.29 is 34.5 Å². The molecule has 0 aromatic rings. The first-order valence-corrected chi connectivity index (χ1v) is 14.2. The maximum atomic E-state index is 12.0. The Kier molecular flexibility index (Phi) is 22.4. The fourth-order valence-electron chi connectivity index (χ4n) is 4.21. The zero-order valence-corrected chi connectivity index (χ0v) is 22.7. The van der Waals surface area contributed by atoms with Gasteiger partial charge in [0, 0.05) is 13.0 Å². The van der Waals surface area contributed by atoms with Gasteiger partial charge in [-0.15, -0.1) is 0 Å². The first kappa shape index (κ1) is 34.2. The molecule has 9 nitrogen and oxygen atoms in total. The average Bonchev–Trinajstić information content (AvgIpc) is 2.80. The predicted molar refractivity (Wildman–Crippen MR) is 144 cm³/mol. The highest BCUT2D eigenvalue weighted by Gasteiger charge is 2.28. The molecule has 1 unspecified atom stereocenters. The van der Waals surface area contributed by atoms with Gasteiger partial charge in [0.2, 0.25) is 5.91 Å². The van der Waals surface area contributed by atoms with Crippen molar-refractivity contribution >= 4 is 36.4 Å². The van der Waals surface area contributed by atoms with E-state index in [1.807, 2.05) is 0 Å². The molecule has 1 amide bonds. The third kappa shape index (κ3) is 21.5. The number of thiol groups is 1. The first-order valence-electron chi connectivity index (χ1n) is 13.6. The second kappa shape index (κ2) is 23.6. The molecule has 0 bridgehead atoms. The van der Waals surface area contributed by atoms with E-state index in [1.54, 1.807) is 0 Å². The van der Waals surface area contributed by atoms with Crippen LogP contribution in [-0.2, 0) is 19.2 Å². The third-order valence-electron chi connectivity index (χ3n) is 6.19. The summed E-state index contributed by atoms with van der Waals surface area (Å²) in [5.74, 6) is -2.83. The molecule has 0 aromatic heterocycles. The number of rotatable bonds is 26. The standard InChI is InChI=1S/C26H48N2O7S/c29-23(17-12-10-8-6-4-2-1-3-5-7-9-11-15-19-36)27-18-14-13-16-22(26(34)35)28(20-24(30)31)21-25(32)33/h22,36H,1-21H2,(H,27,29)(H,30,31)(H,32,33)(H,34,35). The number of carbonyl (C=O) groups is 4. The Balaban J connectivity index is 3.74. The van der Waals surface area contributed by atoms with Crippen molar-refractivity contribution in [2.75, 3.05) is 25.4 Å². The van der Waals surface area contributed by atoms with Crippen LogP contribution in [0, 0.1) is 0 Å². The van der Waals surface area contributed by atoms with E-state index in [0.29, 0.717) is 25.8 Å². The fourth-order valence-corrected chi connectivity index (χ4v) is 4.43. The molecule has 10 heteroatoms. The summed E-state index contributed by atoms with van der Waals surface area (Å²) in [5.41, 5.74) is 0. The normalized spacial score (nSPS) is 11.9. The molecule has 0 aliphatic rings. The van der Waals surface area contributed by atoms with E-state index in [9.17, 15) is 24.3 Å². The zero-order chi connectivity index (χ0) is 27.0. The monoisotopic (exact) mass is 532 g/mol. The molecule has 0 aliphatic heterocycles. The van der Waals surface area contributed by atoms with Crippen LogP contribution in [0.15, 0.2) is 0 Å². The summed E-state index contributed by atoms with van der Waals surface area (Å²) in [6, 6.07) is -1.19. The molecule has 210 valence electrons. The highest BCUT2D eigenvalue weighted by atomic mass is 32.1. The maximum Gasteiger partial charge on any atom is 0.320 e. The van der Waals surface area contributed by atoms with Gasteiger partial charge in [-0.2, -0.15) is 12.6 Å². The minimum absolute atomic E-state index is 0.0162. The summed E-state index contributed by atoms with van der Waals surface area (Å²) in [7, 11) is 0. The van der Waals surface area contributed by atoms with Crippen molar-refractivity contribution in [1.82, 2.24) is 10.2 Å². The minimum Gasteiger partial charge on any atom is -0.480 e. The van der Waals surface area contributed by atoms with Crippen LogP contribution in [0.5, 0.6) is 0 Å². The molecule has 0 fully saturated rings. The number of aliphatic carboxylic acids is 3. The smallest absolute Gasteiger partial charge is 0.320 e. The van der Waals surface area contributed by atoms with Crippen molar-refractivity contribution in [2.45, 2.75) is 115 Å². The topological polar surface area (TPSA) is 144 Å². The lowest BCUT2D eigenvalue weighted by Crippen LogP contribution is -2.46. The molecule has 1 atom stereocenters. The van der Waals surface area contributed by atoms with Crippen LogP contribution in [0.2, 0.25) is 0 Å². The molecule has 4 N–H and O–H groups in total. The van der Waals surface area contributed by atoms with E-state index in [2.05, 4.69) is 17.9 Å². The van der Waals surface area contributed by atoms with Crippen LogP contribution in [0.1, 0.15) is 109 Å². The molecule has 0 radical (unpaired) electrons. The Hall–Kier alpha value is -1.81. The average molecular weight is 533 g/mol. The van der Waals surface area contributed by atoms with Gasteiger partial charge in [0.15, 0.2) is 0 Å². The molecule has 0 spiro atoms. The van der Waals surface area contributed by atoms with Crippen molar-refractivity contribution in [3.63, 3.8) is 0 Å².